The first kappa shape index (κ1) is 25.4. The van der Waals surface area contributed by atoms with Gasteiger partial charge in [0.15, 0.2) is 15.7 Å². The van der Waals surface area contributed by atoms with Gasteiger partial charge in [0, 0.05) is 25.0 Å². The molecule has 0 aliphatic carbocycles. The molecule has 0 spiro atoms. The number of carbonyl (C=O) groups excluding carboxylic acids is 1. The van der Waals surface area contributed by atoms with Gasteiger partial charge < -0.3 is 0 Å². The third-order valence-electron chi connectivity index (χ3n) is 4.12. The highest BCUT2D eigenvalue weighted by molar-refractivity contribution is 7.91. The molecule has 0 aliphatic heterocycles. The minimum Gasteiger partial charge on any atom is -0.265 e. The zero-order valence-corrected chi connectivity index (χ0v) is 18.6. The number of aryl methyl sites for hydroxylation is 1. The zero-order chi connectivity index (χ0) is 25.5. The molecule has 0 bridgehead atoms. The zero-order valence-electron chi connectivity index (χ0n) is 17.0. The Hall–Kier alpha value is -3.21. The van der Waals surface area contributed by atoms with Gasteiger partial charge in [0.1, 0.15) is 11.4 Å². The standard InChI is InChI=1S/C17H12F6N6O3S2/c1-3-34(31,32)9-6-8(12-24-5-4-10(26-12)16(18,19)20)7-25-11(9)13(30)27-15-29(2)28-14(33-15)17(21,22)23/h4-7H,3H2,1-2H3. The van der Waals surface area contributed by atoms with E-state index in [9.17, 15) is 39.6 Å². The topological polar surface area (TPSA) is 120 Å². The van der Waals surface area contributed by atoms with Gasteiger partial charge in [0.25, 0.3) is 5.91 Å². The largest absolute Gasteiger partial charge is 0.445 e. The van der Waals surface area contributed by atoms with Crippen molar-refractivity contribution in [1.82, 2.24) is 24.7 Å². The van der Waals surface area contributed by atoms with Crippen molar-refractivity contribution in [3.05, 3.63) is 45.7 Å². The summed E-state index contributed by atoms with van der Waals surface area (Å²) in [5.41, 5.74) is -2.26. The Labute approximate surface area is 190 Å². The van der Waals surface area contributed by atoms with Gasteiger partial charge >= 0.3 is 12.4 Å². The Morgan fingerprint density at radius 3 is 2.38 bits per heavy atom. The van der Waals surface area contributed by atoms with Crippen molar-refractivity contribution in [2.45, 2.75) is 24.2 Å². The van der Waals surface area contributed by atoms with Crippen LogP contribution in [0.3, 0.4) is 0 Å². The van der Waals surface area contributed by atoms with E-state index in [0.29, 0.717) is 10.7 Å². The first-order valence-electron chi connectivity index (χ1n) is 8.97. The highest BCUT2D eigenvalue weighted by Crippen LogP contribution is 2.30. The van der Waals surface area contributed by atoms with Crippen LogP contribution in [0.15, 0.2) is 34.4 Å². The highest BCUT2D eigenvalue weighted by Gasteiger charge is 2.36. The van der Waals surface area contributed by atoms with Gasteiger partial charge in [-0.1, -0.05) is 18.3 Å². The highest BCUT2D eigenvalue weighted by atomic mass is 32.2. The lowest BCUT2D eigenvalue weighted by atomic mass is 10.2. The Bertz CT molecular complexity index is 1430. The molecule has 3 heterocycles. The fraction of sp³-hybridized carbons (Fsp3) is 0.294. The first-order valence-corrected chi connectivity index (χ1v) is 11.4. The van der Waals surface area contributed by atoms with E-state index in [-0.39, 0.29) is 16.9 Å². The van der Waals surface area contributed by atoms with Crippen molar-refractivity contribution >= 4 is 27.1 Å². The van der Waals surface area contributed by atoms with E-state index in [1.54, 1.807) is 0 Å². The molecular formula is C17H12F6N6O3S2. The van der Waals surface area contributed by atoms with Crippen LogP contribution in [0.5, 0.6) is 0 Å². The molecule has 0 aromatic carbocycles. The van der Waals surface area contributed by atoms with Crippen LogP contribution in [0.4, 0.5) is 26.3 Å². The Morgan fingerprint density at radius 1 is 1.15 bits per heavy atom. The Balaban J connectivity index is 2.15. The summed E-state index contributed by atoms with van der Waals surface area (Å²) in [6.45, 7) is 1.24. The van der Waals surface area contributed by atoms with Gasteiger partial charge in [-0.05, 0) is 12.1 Å². The van der Waals surface area contributed by atoms with E-state index < -0.39 is 65.8 Å². The monoisotopic (exact) mass is 526 g/mol. The lowest BCUT2D eigenvalue weighted by Gasteiger charge is -2.10. The van der Waals surface area contributed by atoms with Gasteiger partial charge in [0.05, 0.1) is 10.6 Å². The second kappa shape index (κ2) is 8.86. The summed E-state index contributed by atoms with van der Waals surface area (Å²) in [5.74, 6) is -2.32. The average Bonchev–Trinajstić information content (AvgIpc) is 3.13. The molecule has 3 rings (SSSR count). The number of amides is 1. The van der Waals surface area contributed by atoms with Crippen LogP contribution in [0.2, 0.25) is 0 Å². The molecule has 34 heavy (non-hydrogen) atoms. The maximum atomic E-state index is 13.0. The summed E-state index contributed by atoms with van der Waals surface area (Å²) in [5, 5.41) is 1.93. The van der Waals surface area contributed by atoms with Gasteiger partial charge in [-0.2, -0.15) is 36.4 Å². The lowest BCUT2D eigenvalue weighted by molar-refractivity contribution is -0.141. The quantitative estimate of drug-likeness (QED) is 0.480. The summed E-state index contributed by atoms with van der Waals surface area (Å²) in [4.78, 5) is 25.7. The normalized spacial score (nSPS) is 13.4. The number of carbonyl (C=O) groups is 1. The van der Waals surface area contributed by atoms with E-state index in [4.69, 9.17) is 0 Å². The number of alkyl halides is 6. The van der Waals surface area contributed by atoms with E-state index in [1.165, 1.54) is 6.92 Å². The number of sulfone groups is 1. The number of hydrogen-bond acceptors (Lipinski definition) is 8. The van der Waals surface area contributed by atoms with Crippen molar-refractivity contribution in [2.24, 2.45) is 12.0 Å². The van der Waals surface area contributed by atoms with Crippen LogP contribution in [0, 0.1) is 0 Å². The molecule has 0 atom stereocenters. The molecule has 0 N–H and O–H groups in total. The van der Waals surface area contributed by atoms with Crippen LogP contribution in [0.25, 0.3) is 11.4 Å². The molecule has 0 unspecified atom stereocenters. The molecule has 1 amide bonds. The Kier molecular flexibility index (Phi) is 6.62. The molecule has 0 fully saturated rings. The van der Waals surface area contributed by atoms with Crippen molar-refractivity contribution in [2.75, 3.05) is 5.75 Å². The van der Waals surface area contributed by atoms with Crippen LogP contribution in [0.1, 0.15) is 28.1 Å². The molecular weight excluding hydrogens is 514 g/mol. The van der Waals surface area contributed by atoms with Crippen LogP contribution in [-0.4, -0.2) is 44.8 Å². The summed E-state index contributed by atoms with van der Waals surface area (Å²) in [6, 6.07) is 1.47. The second-order valence-corrected chi connectivity index (χ2v) is 9.67. The van der Waals surface area contributed by atoms with Gasteiger partial charge in [-0.25, -0.2) is 28.1 Å². The molecule has 3 aromatic heterocycles. The predicted molar refractivity (Wildman–Crippen MR) is 104 cm³/mol. The smallest absolute Gasteiger partial charge is 0.265 e. The summed E-state index contributed by atoms with van der Waals surface area (Å²) in [6.07, 6.45) is -7.91. The summed E-state index contributed by atoms with van der Waals surface area (Å²) in [7, 11) is -3.08. The fourth-order valence-electron chi connectivity index (χ4n) is 2.48. The van der Waals surface area contributed by atoms with Crippen molar-refractivity contribution in [3.63, 3.8) is 0 Å². The number of hydrogen-bond donors (Lipinski definition) is 0. The minimum atomic E-state index is -4.79. The van der Waals surface area contributed by atoms with Crippen molar-refractivity contribution in [1.29, 1.82) is 0 Å². The van der Waals surface area contributed by atoms with E-state index in [2.05, 4.69) is 25.0 Å². The maximum Gasteiger partial charge on any atom is 0.445 e. The average molecular weight is 526 g/mol. The maximum absolute atomic E-state index is 13.0. The number of pyridine rings is 1. The number of halogens is 6. The molecule has 9 nitrogen and oxygen atoms in total. The van der Waals surface area contributed by atoms with E-state index >= 15 is 0 Å². The molecule has 17 heteroatoms. The molecule has 0 saturated heterocycles. The number of rotatable bonds is 4. The number of nitrogens with zero attached hydrogens (tertiary/aromatic N) is 6. The van der Waals surface area contributed by atoms with E-state index in [0.717, 1.165) is 25.5 Å². The van der Waals surface area contributed by atoms with Crippen molar-refractivity contribution in [3.8, 4) is 11.4 Å². The minimum absolute atomic E-state index is 0.0480. The van der Waals surface area contributed by atoms with Gasteiger partial charge in [0.2, 0.25) is 9.81 Å². The summed E-state index contributed by atoms with van der Waals surface area (Å²) < 4.78 is 103. The summed E-state index contributed by atoms with van der Waals surface area (Å²) >= 11 is 0.0480. The number of aromatic nitrogens is 5. The SMILES string of the molecule is CCS(=O)(=O)c1cc(-c2nccc(C(F)(F)F)n2)cnc1C(=O)N=c1sc(C(F)(F)F)nn1C. The molecule has 0 saturated carbocycles. The van der Waals surface area contributed by atoms with Gasteiger partial charge in [-0.3, -0.25) is 4.79 Å². The second-order valence-electron chi connectivity index (χ2n) is 6.47. The van der Waals surface area contributed by atoms with Crippen LogP contribution >= 0.6 is 11.3 Å². The third kappa shape index (κ3) is 5.30. The van der Waals surface area contributed by atoms with Crippen LogP contribution in [-0.2, 0) is 29.2 Å². The Morgan fingerprint density at radius 2 is 1.82 bits per heavy atom. The molecule has 3 aromatic rings. The van der Waals surface area contributed by atoms with Gasteiger partial charge in [-0.15, -0.1) is 0 Å². The molecule has 0 radical (unpaired) electrons. The fourth-order valence-corrected chi connectivity index (χ4v) is 4.28. The first-order chi connectivity index (χ1) is 15.6. The van der Waals surface area contributed by atoms with Crippen LogP contribution < -0.4 is 4.80 Å². The third-order valence-corrected chi connectivity index (χ3v) is 6.91. The lowest BCUT2D eigenvalue weighted by Crippen LogP contribution is -2.18. The molecule has 182 valence electrons. The van der Waals surface area contributed by atoms with Crippen molar-refractivity contribution < 1.29 is 39.6 Å². The predicted octanol–water partition coefficient (Wildman–Crippen LogP) is 2.91. The van der Waals surface area contributed by atoms with E-state index in [1.807, 2.05) is 0 Å². The molecule has 0 aliphatic rings.